The van der Waals surface area contributed by atoms with Crippen LogP contribution >= 0.6 is 0 Å². The average molecular weight is 366 g/mol. The number of hydrogen-bond acceptors (Lipinski definition) is 6. The fourth-order valence-electron chi connectivity index (χ4n) is 1.06. The molecule has 0 fully saturated rings. The lowest BCUT2D eigenvalue weighted by Gasteiger charge is -2.33. The third-order valence-electron chi connectivity index (χ3n) is 2.28. The maximum atomic E-state index is 12.4. The Hall–Kier alpha value is -0.960. The van der Waals surface area contributed by atoms with Crippen LogP contribution in [0.15, 0.2) is 5.18 Å². The molecule has 0 aromatic heterocycles. The van der Waals surface area contributed by atoms with Crippen LogP contribution in [0, 0.1) is 4.91 Å². The minimum absolute atomic E-state index is 0.215. The molecule has 21 heavy (non-hydrogen) atoms. The predicted octanol–water partition coefficient (Wildman–Crippen LogP) is 1.88. The van der Waals surface area contributed by atoms with Gasteiger partial charge >= 0.3 is 31.1 Å². The number of nitrogens with zero attached hydrogens (tertiary/aromatic N) is 2. The van der Waals surface area contributed by atoms with E-state index >= 15 is 0 Å². The van der Waals surface area contributed by atoms with Crippen LogP contribution in [0.2, 0.25) is 0 Å². The second-order valence-corrected chi connectivity index (χ2v) is 7.55. The van der Waals surface area contributed by atoms with Crippen LogP contribution in [0.25, 0.3) is 0 Å². The van der Waals surface area contributed by atoms with Crippen molar-refractivity contribution in [3.63, 3.8) is 0 Å². The highest BCUT2D eigenvalue weighted by molar-refractivity contribution is 8.04. The van der Waals surface area contributed by atoms with Crippen molar-refractivity contribution in [3.05, 3.63) is 4.91 Å². The van der Waals surface area contributed by atoms with Crippen LogP contribution in [0.5, 0.6) is 0 Å². The van der Waals surface area contributed by atoms with Gasteiger partial charge in [-0.15, -0.1) is 4.91 Å². The van der Waals surface area contributed by atoms with E-state index in [0.717, 1.165) is 6.92 Å². The van der Waals surface area contributed by atoms with Crippen LogP contribution < -0.4 is 0 Å². The highest BCUT2D eigenvalue weighted by Gasteiger charge is 2.67. The van der Waals surface area contributed by atoms with Crippen molar-refractivity contribution < 1.29 is 43.2 Å². The molecule has 126 valence electrons. The molecule has 0 aliphatic rings. The number of rotatable bonds is 5. The Labute approximate surface area is 115 Å². The molecule has 0 aliphatic carbocycles. The third kappa shape index (κ3) is 3.28. The highest BCUT2D eigenvalue weighted by Crippen LogP contribution is 2.41. The zero-order valence-electron chi connectivity index (χ0n) is 10.2. The normalized spacial score (nSPS) is 17.6. The molecule has 0 N–H and O–H groups in total. The summed E-state index contributed by atoms with van der Waals surface area (Å²) in [6.07, 6.45) is -1.05. The van der Waals surface area contributed by atoms with E-state index in [1.807, 2.05) is 5.18 Å². The van der Waals surface area contributed by atoms with Gasteiger partial charge in [0.05, 0.1) is 0 Å². The van der Waals surface area contributed by atoms with Crippen molar-refractivity contribution >= 4 is 20.0 Å². The van der Waals surface area contributed by atoms with Gasteiger partial charge in [-0.25, -0.2) is 16.8 Å². The van der Waals surface area contributed by atoms with Crippen LogP contribution in [-0.2, 0) is 20.0 Å². The fourth-order valence-corrected chi connectivity index (χ4v) is 4.34. The number of alkyl halides is 6. The monoisotopic (exact) mass is 366 g/mol. The molecule has 1 atom stereocenters. The van der Waals surface area contributed by atoms with Gasteiger partial charge in [0.2, 0.25) is 0 Å². The maximum Gasteiger partial charge on any atom is 0.512 e. The second kappa shape index (κ2) is 5.35. The Bertz CT molecular complexity index is 565. The van der Waals surface area contributed by atoms with Crippen molar-refractivity contribution in [2.45, 2.75) is 36.9 Å². The van der Waals surface area contributed by atoms with Crippen molar-refractivity contribution in [2.75, 3.05) is 0 Å². The zero-order valence-corrected chi connectivity index (χ0v) is 11.9. The molecule has 0 bridgehead atoms. The number of hydrogen-bond donors (Lipinski definition) is 0. The molecular weight excluding hydrogens is 358 g/mol. The summed E-state index contributed by atoms with van der Waals surface area (Å²) in [6.45, 7) is 0.999. The second-order valence-electron chi connectivity index (χ2n) is 3.76. The lowest BCUT2D eigenvalue weighted by molar-refractivity contribution is -0.0566. The van der Waals surface area contributed by atoms with Crippen molar-refractivity contribution in [1.82, 2.24) is 3.71 Å². The van der Waals surface area contributed by atoms with E-state index in [9.17, 15) is 48.1 Å². The first kappa shape index (κ1) is 20.0. The van der Waals surface area contributed by atoms with Gasteiger partial charge in [-0.1, -0.05) is 6.92 Å². The molecular formula is C6H8F6N2O5S2. The third-order valence-corrected chi connectivity index (χ3v) is 6.29. The lowest BCUT2D eigenvalue weighted by Crippen LogP contribution is -2.58. The fraction of sp³-hybridized carbons (Fsp3) is 1.00. The zero-order chi connectivity index (χ0) is 17.5. The molecule has 0 saturated carbocycles. The Morgan fingerprint density at radius 1 is 0.905 bits per heavy atom. The minimum atomic E-state index is -7.03. The molecule has 0 aromatic carbocycles. The van der Waals surface area contributed by atoms with E-state index in [4.69, 9.17) is 0 Å². The Morgan fingerprint density at radius 2 is 1.19 bits per heavy atom. The predicted molar refractivity (Wildman–Crippen MR) is 56.3 cm³/mol. The quantitative estimate of drug-likeness (QED) is 0.546. The molecule has 0 radical (unpaired) electrons. The SMILES string of the molecule is CCC(C)(N=O)N(S(=O)(=O)C(F)(F)F)S(=O)(=O)C(F)(F)F. The van der Waals surface area contributed by atoms with Crippen LogP contribution in [0.4, 0.5) is 26.3 Å². The number of halogens is 6. The van der Waals surface area contributed by atoms with Gasteiger partial charge in [0.1, 0.15) is 0 Å². The van der Waals surface area contributed by atoms with E-state index in [1.165, 1.54) is 0 Å². The first-order valence-electron chi connectivity index (χ1n) is 4.76. The van der Waals surface area contributed by atoms with E-state index in [2.05, 4.69) is 0 Å². The lowest BCUT2D eigenvalue weighted by atomic mass is 10.2. The maximum absolute atomic E-state index is 12.4. The number of sulfonamides is 2. The summed E-state index contributed by atoms with van der Waals surface area (Å²) >= 11 is 0. The first-order valence-corrected chi connectivity index (χ1v) is 7.64. The standard InChI is InChI=1S/C6H8F6N2O5S2/c1-3-4(2,13-15)14(20(16,17)5(7,8)9)21(18,19)6(10,11)12/h3H2,1-2H3. The molecule has 15 heteroatoms. The Morgan fingerprint density at radius 3 is 1.33 bits per heavy atom. The van der Waals surface area contributed by atoms with Crippen LogP contribution in [0.1, 0.15) is 20.3 Å². The van der Waals surface area contributed by atoms with Gasteiger partial charge in [-0.05, 0) is 22.2 Å². The summed E-state index contributed by atoms with van der Waals surface area (Å²) < 4.78 is 117. The molecule has 1 unspecified atom stereocenters. The van der Waals surface area contributed by atoms with E-state index in [0.29, 0.717) is 0 Å². The molecule has 0 rings (SSSR count). The molecule has 0 spiro atoms. The summed E-state index contributed by atoms with van der Waals surface area (Å²) in [5, 5.41) is 1.82. The number of nitroso groups, excluding NO2 is 1. The van der Waals surface area contributed by atoms with E-state index < -0.39 is 46.9 Å². The average Bonchev–Trinajstić information content (AvgIpc) is 2.25. The van der Waals surface area contributed by atoms with Gasteiger partial charge < -0.3 is 0 Å². The van der Waals surface area contributed by atoms with Gasteiger partial charge in [0, 0.05) is 0 Å². The molecule has 0 saturated heterocycles. The van der Waals surface area contributed by atoms with Crippen LogP contribution in [0.3, 0.4) is 0 Å². The van der Waals surface area contributed by atoms with Crippen molar-refractivity contribution in [3.8, 4) is 0 Å². The van der Waals surface area contributed by atoms with Crippen molar-refractivity contribution in [2.24, 2.45) is 5.18 Å². The Kier molecular flexibility index (Phi) is 5.10. The summed E-state index contributed by atoms with van der Waals surface area (Å²) in [4.78, 5) is 10.5. The van der Waals surface area contributed by atoms with Gasteiger partial charge in [0.15, 0.2) is 5.66 Å². The molecule has 0 aromatic rings. The minimum Gasteiger partial charge on any atom is -0.201 e. The molecule has 0 amide bonds. The largest absolute Gasteiger partial charge is 0.512 e. The topological polar surface area (TPSA) is 101 Å². The summed E-state index contributed by atoms with van der Waals surface area (Å²) in [5.74, 6) is 0. The van der Waals surface area contributed by atoms with E-state index in [1.54, 1.807) is 0 Å². The van der Waals surface area contributed by atoms with Crippen LogP contribution in [-0.4, -0.2) is 37.2 Å². The summed E-state index contributed by atoms with van der Waals surface area (Å²) in [7, 11) is -14.1. The van der Waals surface area contributed by atoms with Gasteiger partial charge in [-0.2, -0.15) is 26.3 Å². The molecule has 0 heterocycles. The van der Waals surface area contributed by atoms with Gasteiger partial charge in [0.25, 0.3) is 0 Å². The molecule has 0 aliphatic heterocycles. The van der Waals surface area contributed by atoms with Crippen molar-refractivity contribution in [1.29, 1.82) is 0 Å². The smallest absolute Gasteiger partial charge is 0.201 e. The first-order chi connectivity index (χ1) is 8.99. The van der Waals surface area contributed by atoms with Gasteiger partial charge in [-0.3, -0.25) is 0 Å². The summed E-state index contributed by atoms with van der Waals surface area (Å²) in [6, 6.07) is 0. The molecule has 7 nitrogen and oxygen atoms in total. The van der Waals surface area contributed by atoms with E-state index in [-0.39, 0.29) is 6.92 Å². The Balaban J connectivity index is 6.72. The highest BCUT2D eigenvalue weighted by atomic mass is 32.3. The summed E-state index contributed by atoms with van der Waals surface area (Å²) in [5.41, 5.74) is -16.1.